The smallest absolute Gasteiger partial charge is 0.177 e. The van der Waals surface area contributed by atoms with Gasteiger partial charge < -0.3 is 4.84 Å². The molecule has 1 saturated carbocycles. The number of hydrogen-bond donors (Lipinski definition) is 0. The molecule has 0 aliphatic heterocycles. The maximum atomic E-state index is 5.17. The Kier molecular flexibility index (Phi) is 5.03. The van der Waals surface area contributed by atoms with E-state index in [4.69, 9.17) is 11.3 Å². The number of benzene rings is 1. The van der Waals surface area contributed by atoms with Crippen LogP contribution < -0.4 is 0 Å². The van der Waals surface area contributed by atoms with Crippen LogP contribution in [0.5, 0.6) is 0 Å². The van der Waals surface area contributed by atoms with Crippen LogP contribution >= 0.6 is 0 Å². The van der Waals surface area contributed by atoms with E-state index in [1.807, 2.05) is 0 Å². The van der Waals surface area contributed by atoms with E-state index < -0.39 is 0 Å². The zero-order valence-corrected chi connectivity index (χ0v) is 11.6. The molecule has 1 aliphatic rings. The molecule has 1 fully saturated rings. The number of nitrogens with zero attached hydrogens (tertiary/aromatic N) is 1. The molecule has 2 rings (SSSR count). The van der Waals surface area contributed by atoms with Crippen molar-refractivity contribution in [3.05, 3.63) is 35.4 Å². The zero-order valence-electron chi connectivity index (χ0n) is 11.6. The van der Waals surface area contributed by atoms with Crippen LogP contribution in [0.4, 0.5) is 0 Å². The number of oxime groups is 1. The summed E-state index contributed by atoms with van der Waals surface area (Å²) in [5.74, 6) is 2.96. The summed E-state index contributed by atoms with van der Waals surface area (Å²) in [4.78, 5) is 5.16. The van der Waals surface area contributed by atoms with E-state index in [2.05, 4.69) is 42.3 Å². The van der Waals surface area contributed by atoms with Gasteiger partial charge in [0.1, 0.15) is 0 Å². The van der Waals surface area contributed by atoms with Gasteiger partial charge in [0.2, 0.25) is 0 Å². The van der Waals surface area contributed by atoms with Crippen LogP contribution in [0.3, 0.4) is 0 Å². The van der Waals surface area contributed by atoms with Gasteiger partial charge in [0.15, 0.2) is 6.61 Å². The van der Waals surface area contributed by atoms with Crippen molar-refractivity contribution in [2.24, 2.45) is 11.1 Å². The molecule has 0 spiro atoms. The van der Waals surface area contributed by atoms with E-state index in [9.17, 15) is 0 Å². The Morgan fingerprint density at radius 1 is 1.32 bits per heavy atom. The van der Waals surface area contributed by atoms with Crippen LogP contribution in [-0.4, -0.2) is 12.3 Å². The normalized spacial score (nSPS) is 21.1. The summed E-state index contributed by atoms with van der Waals surface area (Å²) in [6.07, 6.45) is 11.0. The first kappa shape index (κ1) is 13.7. The second-order valence-electron chi connectivity index (χ2n) is 5.19. The highest BCUT2D eigenvalue weighted by atomic mass is 16.6. The molecule has 0 heterocycles. The number of terminal acetylenes is 1. The quantitative estimate of drug-likeness (QED) is 0.456. The number of rotatable bonds is 4. The molecule has 0 aromatic heterocycles. The van der Waals surface area contributed by atoms with E-state index in [0.29, 0.717) is 5.92 Å². The van der Waals surface area contributed by atoms with Crippen molar-refractivity contribution in [3.8, 4) is 12.3 Å². The minimum atomic E-state index is 0.265. The lowest BCUT2D eigenvalue weighted by Gasteiger charge is -2.23. The molecular formula is C17H21NO. The van der Waals surface area contributed by atoms with Gasteiger partial charge in [-0.1, -0.05) is 47.3 Å². The highest BCUT2D eigenvalue weighted by molar-refractivity contribution is 5.87. The molecule has 0 radical (unpaired) electrons. The number of aryl methyl sites for hydroxylation is 1. The van der Waals surface area contributed by atoms with Gasteiger partial charge in [-0.15, -0.1) is 6.42 Å². The molecule has 100 valence electrons. The van der Waals surface area contributed by atoms with Gasteiger partial charge in [-0.25, -0.2) is 0 Å². The van der Waals surface area contributed by atoms with Gasteiger partial charge in [0.25, 0.3) is 0 Å². The van der Waals surface area contributed by atoms with Crippen LogP contribution in [0.2, 0.25) is 0 Å². The summed E-state index contributed by atoms with van der Waals surface area (Å²) >= 11 is 0. The molecule has 0 N–H and O–H groups in total. The second-order valence-corrected chi connectivity index (χ2v) is 5.19. The van der Waals surface area contributed by atoms with Crippen LogP contribution in [0, 0.1) is 25.2 Å². The van der Waals surface area contributed by atoms with Crippen molar-refractivity contribution in [1.29, 1.82) is 0 Å². The van der Waals surface area contributed by atoms with E-state index in [-0.39, 0.29) is 6.61 Å². The Hall–Kier alpha value is -1.75. The first-order valence-corrected chi connectivity index (χ1v) is 6.97. The number of hydrogen-bond acceptors (Lipinski definition) is 2. The van der Waals surface area contributed by atoms with Crippen molar-refractivity contribution < 1.29 is 4.84 Å². The van der Waals surface area contributed by atoms with Gasteiger partial charge in [0, 0.05) is 5.92 Å². The summed E-state index contributed by atoms with van der Waals surface area (Å²) in [7, 11) is 0. The highest BCUT2D eigenvalue weighted by Gasteiger charge is 2.21. The Bertz CT molecular complexity index is 467. The van der Waals surface area contributed by atoms with Crippen LogP contribution in [0.1, 0.15) is 36.8 Å². The fourth-order valence-corrected chi connectivity index (χ4v) is 2.57. The summed E-state index contributed by atoms with van der Waals surface area (Å²) in [6, 6.07) is 8.77. The summed E-state index contributed by atoms with van der Waals surface area (Å²) < 4.78 is 0. The average molecular weight is 255 g/mol. The molecule has 1 aliphatic carbocycles. The molecule has 2 heteroatoms. The molecule has 0 bridgehead atoms. The molecular weight excluding hydrogens is 234 g/mol. The van der Waals surface area contributed by atoms with E-state index >= 15 is 0 Å². The van der Waals surface area contributed by atoms with Crippen LogP contribution in [0.15, 0.2) is 29.4 Å². The highest BCUT2D eigenvalue weighted by Crippen LogP contribution is 2.25. The molecule has 0 saturated heterocycles. The molecule has 19 heavy (non-hydrogen) atoms. The topological polar surface area (TPSA) is 21.6 Å². The zero-order chi connectivity index (χ0) is 13.5. The molecule has 1 unspecified atom stereocenters. The third-order valence-electron chi connectivity index (χ3n) is 3.64. The van der Waals surface area contributed by atoms with Crippen molar-refractivity contribution in [1.82, 2.24) is 0 Å². The molecule has 2 nitrogen and oxygen atoms in total. The van der Waals surface area contributed by atoms with Gasteiger partial charge in [0.05, 0.1) is 5.71 Å². The second kappa shape index (κ2) is 6.99. The SMILES string of the molecule is C#CCO/N=C1\CCCCC1Cc1ccc(C)cc1. The van der Waals surface area contributed by atoms with Crippen molar-refractivity contribution in [3.63, 3.8) is 0 Å². The van der Waals surface area contributed by atoms with E-state index in [1.165, 1.54) is 36.1 Å². The van der Waals surface area contributed by atoms with Crippen molar-refractivity contribution in [2.75, 3.05) is 6.61 Å². The van der Waals surface area contributed by atoms with Crippen molar-refractivity contribution in [2.45, 2.75) is 39.0 Å². The maximum absolute atomic E-state index is 5.17. The Labute approximate surface area is 115 Å². The predicted molar refractivity (Wildman–Crippen MR) is 79.1 cm³/mol. The first-order chi connectivity index (χ1) is 9.29. The van der Waals surface area contributed by atoms with Crippen LogP contribution in [-0.2, 0) is 11.3 Å². The van der Waals surface area contributed by atoms with Gasteiger partial charge in [-0.3, -0.25) is 0 Å². The Morgan fingerprint density at radius 2 is 2.11 bits per heavy atom. The van der Waals surface area contributed by atoms with Gasteiger partial charge in [-0.05, 0) is 38.2 Å². The molecule has 1 atom stereocenters. The minimum absolute atomic E-state index is 0.265. The average Bonchev–Trinajstić information content (AvgIpc) is 2.43. The summed E-state index contributed by atoms with van der Waals surface area (Å²) in [5.41, 5.74) is 3.86. The Balaban J connectivity index is 2.01. The summed E-state index contributed by atoms with van der Waals surface area (Å²) in [5, 5.41) is 4.24. The third-order valence-corrected chi connectivity index (χ3v) is 3.64. The lowest BCUT2D eigenvalue weighted by atomic mass is 9.83. The fraction of sp³-hybridized carbons (Fsp3) is 0.471. The minimum Gasteiger partial charge on any atom is -0.383 e. The van der Waals surface area contributed by atoms with Crippen LogP contribution in [0.25, 0.3) is 0 Å². The monoisotopic (exact) mass is 255 g/mol. The fourth-order valence-electron chi connectivity index (χ4n) is 2.57. The predicted octanol–water partition coefficient (Wildman–Crippen LogP) is 3.73. The summed E-state index contributed by atoms with van der Waals surface area (Å²) in [6.45, 7) is 2.38. The van der Waals surface area contributed by atoms with Gasteiger partial charge >= 0.3 is 0 Å². The Morgan fingerprint density at radius 3 is 2.84 bits per heavy atom. The lowest BCUT2D eigenvalue weighted by molar-refractivity contribution is 0.175. The van der Waals surface area contributed by atoms with E-state index in [0.717, 1.165) is 12.8 Å². The molecule has 1 aromatic carbocycles. The van der Waals surface area contributed by atoms with E-state index in [1.54, 1.807) is 0 Å². The molecule has 1 aromatic rings. The first-order valence-electron chi connectivity index (χ1n) is 6.97. The lowest BCUT2D eigenvalue weighted by Crippen LogP contribution is -2.22. The third kappa shape index (κ3) is 4.13. The van der Waals surface area contributed by atoms with Gasteiger partial charge in [-0.2, -0.15) is 0 Å². The standard InChI is InChI=1S/C17H21NO/c1-3-12-19-18-17-7-5-4-6-16(17)13-15-10-8-14(2)9-11-15/h1,8-11,16H,4-7,12-13H2,2H3/b18-17+. The largest absolute Gasteiger partial charge is 0.383 e. The molecule has 0 amide bonds. The van der Waals surface area contributed by atoms with Crippen molar-refractivity contribution >= 4 is 5.71 Å². The maximum Gasteiger partial charge on any atom is 0.177 e.